The molecule has 2 atom stereocenters. The molecule has 6 heteroatoms. The van der Waals surface area contributed by atoms with Crippen molar-refractivity contribution < 1.29 is 9.90 Å². The highest BCUT2D eigenvalue weighted by Gasteiger charge is 2.18. The highest BCUT2D eigenvalue weighted by molar-refractivity contribution is 9.10. The largest absolute Gasteiger partial charge is 0.395 e. The van der Waals surface area contributed by atoms with E-state index in [0.29, 0.717) is 10.3 Å². The van der Waals surface area contributed by atoms with Crippen LogP contribution < -0.4 is 5.32 Å². The fourth-order valence-corrected chi connectivity index (χ4v) is 2.31. The third kappa shape index (κ3) is 4.29. The number of pyridine rings is 1. The highest BCUT2D eigenvalue weighted by Crippen LogP contribution is 2.11. The molecule has 0 fully saturated rings. The summed E-state index contributed by atoms with van der Waals surface area (Å²) >= 11 is 4.74. The molecular formula is C11H15BrN2O2S. The van der Waals surface area contributed by atoms with Gasteiger partial charge in [-0.3, -0.25) is 4.79 Å². The van der Waals surface area contributed by atoms with Crippen LogP contribution in [0.3, 0.4) is 0 Å². The number of halogens is 1. The van der Waals surface area contributed by atoms with Crippen LogP contribution in [0.1, 0.15) is 17.4 Å². The number of amides is 1. The van der Waals surface area contributed by atoms with Crippen LogP contribution >= 0.6 is 27.7 Å². The molecule has 0 spiro atoms. The molecule has 0 aromatic carbocycles. The lowest BCUT2D eigenvalue weighted by molar-refractivity contribution is 0.0930. The first-order chi connectivity index (χ1) is 8.08. The summed E-state index contributed by atoms with van der Waals surface area (Å²) in [5.41, 5.74) is 0.365. The van der Waals surface area contributed by atoms with E-state index >= 15 is 0 Å². The highest BCUT2D eigenvalue weighted by atomic mass is 79.9. The van der Waals surface area contributed by atoms with Gasteiger partial charge in [-0.05, 0) is 41.2 Å². The third-order valence-corrected chi connectivity index (χ3v) is 3.95. The third-order valence-electron chi connectivity index (χ3n) is 2.35. The monoisotopic (exact) mass is 318 g/mol. The first-order valence-corrected chi connectivity index (χ1v) is 7.23. The van der Waals surface area contributed by atoms with E-state index in [1.54, 1.807) is 18.2 Å². The second-order valence-electron chi connectivity index (χ2n) is 3.56. The van der Waals surface area contributed by atoms with Gasteiger partial charge in [-0.25, -0.2) is 4.98 Å². The lowest BCUT2D eigenvalue weighted by Gasteiger charge is -2.21. The zero-order valence-corrected chi connectivity index (χ0v) is 12.1. The van der Waals surface area contributed by atoms with E-state index < -0.39 is 0 Å². The molecule has 1 rings (SSSR count). The van der Waals surface area contributed by atoms with Gasteiger partial charge in [0.15, 0.2) is 0 Å². The summed E-state index contributed by atoms with van der Waals surface area (Å²) in [6.07, 6.45) is 1.90. The van der Waals surface area contributed by atoms with E-state index in [1.807, 2.05) is 13.2 Å². The van der Waals surface area contributed by atoms with Crippen molar-refractivity contribution in [1.82, 2.24) is 10.3 Å². The van der Waals surface area contributed by atoms with Gasteiger partial charge in [-0.1, -0.05) is 6.07 Å². The van der Waals surface area contributed by atoms with Crippen LogP contribution in [-0.2, 0) is 0 Å². The molecule has 1 aromatic heterocycles. The van der Waals surface area contributed by atoms with Gasteiger partial charge in [-0.15, -0.1) is 0 Å². The minimum Gasteiger partial charge on any atom is -0.395 e. The van der Waals surface area contributed by atoms with Gasteiger partial charge < -0.3 is 10.4 Å². The van der Waals surface area contributed by atoms with Crippen LogP contribution in [0.15, 0.2) is 22.8 Å². The minimum atomic E-state index is -0.230. The number of rotatable bonds is 5. The molecule has 0 aliphatic heterocycles. The van der Waals surface area contributed by atoms with Gasteiger partial charge >= 0.3 is 0 Å². The molecule has 17 heavy (non-hydrogen) atoms. The minimum absolute atomic E-state index is 0.00824. The summed E-state index contributed by atoms with van der Waals surface area (Å²) in [4.78, 5) is 15.9. The molecule has 0 aliphatic rings. The Morgan fingerprint density at radius 3 is 2.88 bits per heavy atom. The van der Waals surface area contributed by atoms with Crippen LogP contribution in [0.5, 0.6) is 0 Å². The molecule has 0 radical (unpaired) electrons. The van der Waals surface area contributed by atoms with Gasteiger partial charge in [0.05, 0.1) is 6.61 Å². The van der Waals surface area contributed by atoms with Crippen molar-refractivity contribution >= 4 is 33.6 Å². The van der Waals surface area contributed by atoms with E-state index in [9.17, 15) is 4.79 Å². The van der Waals surface area contributed by atoms with E-state index in [1.165, 1.54) is 11.8 Å². The average Bonchev–Trinajstić information content (AvgIpc) is 2.30. The second-order valence-corrected chi connectivity index (χ2v) is 5.45. The maximum atomic E-state index is 11.9. The number of nitrogens with zero attached hydrogens (tertiary/aromatic N) is 1. The van der Waals surface area contributed by atoms with Crippen molar-refractivity contribution in [2.45, 2.75) is 18.2 Å². The second kappa shape index (κ2) is 6.98. The molecule has 0 saturated heterocycles. The number of carbonyl (C=O) groups is 1. The van der Waals surface area contributed by atoms with Gasteiger partial charge in [0.1, 0.15) is 10.3 Å². The molecular weight excluding hydrogens is 304 g/mol. The van der Waals surface area contributed by atoms with Crippen LogP contribution in [0.25, 0.3) is 0 Å². The first kappa shape index (κ1) is 14.5. The SMILES string of the molecule is CSC(CO)C(C)NC(=O)c1cccc(Br)n1. The molecule has 2 N–H and O–H groups in total. The Bertz CT molecular complexity index is 385. The summed E-state index contributed by atoms with van der Waals surface area (Å²) in [6.45, 7) is 1.90. The maximum absolute atomic E-state index is 11.9. The normalized spacial score (nSPS) is 14.1. The molecule has 0 bridgehead atoms. The maximum Gasteiger partial charge on any atom is 0.270 e. The fraction of sp³-hybridized carbons (Fsp3) is 0.455. The zero-order chi connectivity index (χ0) is 12.8. The van der Waals surface area contributed by atoms with Gasteiger partial charge in [0.25, 0.3) is 5.91 Å². The van der Waals surface area contributed by atoms with Crippen molar-refractivity contribution in [3.8, 4) is 0 Å². The number of aliphatic hydroxyl groups excluding tert-OH is 1. The van der Waals surface area contributed by atoms with Gasteiger partial charge in [-0.2, -0.15) is 11.8 Å². The van der Waals surface area contributed by atoms with E-state index in [-0.39, 0.29) is 23.8 Å². The smallest absolute Gasteiger partial charge is 0.270 e. The lowest BCUT2D eigenvalue weighted by Crippen LogP contribution is -2.41. The van der Waals surface area contributed by atoms with Crippen molar-refractivity contribution in [2.75, 3.05) is 12.9 Å². The molecule has 1 heterocycles. The lowest BCUT2D eigenvalue weighted by atomic mass is 10.2. The van der Waals surface area contributed by atoms with Crippen molar-refractivity contribution in [1.29, 1.82) is 0 Å². The summed E-state index contributed by atoms with van der Waals surface area (Å²) in [7, 11) is 0. The Balaban J connectivity index is 2.66. The Hall–Kier alpha value is -0.590. The molecule has 0 aliphatic carbocycles. The van der Waals surface area contributed by atoms with Crippen molar-refractivity contribution in [3.63, 3.8) is 0 Å². The van der Waals surface area contributed by atoms with Crippen molar-refractivity contribution in [3.05, 3.63) is 28.5 Å². The number of nitrogens with one attached hydrogen (secondary N) is 1. The molecule has 1 aromatic rings. The predicted molar refractivity (Wildman–Crippen MR) is 73.3 cm³/mol. The van der Waals surface area contributed by atoms with Crippen LogP contribution in [0.4, 0.5) is 0 Å². The number of carbonyl (C=O) groups excluding carboxylic acids is 1. The first-order valence-electron chi connectivity index (χ1n) is 5.15. The quantitative estimate of drug-likeness (QED) is 0.811. The van der Waals surface area contributed by atoms with Crippen LogP contribution in [-0.4, -0.2) is 40.2 Å². The predicted octanol–water partition coefficient (Wildman–Crippen LogP) is 1.69. The average molecular weight is 319 g/mol. The Morgan fingerprint density at radius 2 is 2.35 bits per heavy atom. The number of thioether (sulfide) groups is 1. The molecule has 4 nitrogen and oxygen atoms in total. The fourth-order valence-electron chi connectivity index (χ4n) is 1.35. The molecule has 2 unspecified atom stereocenters. The summed E-state index contributed by atoms with van der Waals surface area (Å²) < 4.78 is 0.626. The Labute approximate surface area is 113 Å². The topological polar surface area (TPSA) is 62.2 Å². The zero-order valence-electron chi connectivity index (χ0n) is 9.68. The number of hydrogen-bond acceptors (Lipinski definition) is 4. The molecule has 1 amide bonds. The van der Waals surface area contributed by atoms with E-state index in [0.717, 1.165) is 0 Å². The number of hydrogen-bond donors (Lipinski definition) is 2. The number of aliphatic hydroxyl groups is 1. The summed E-state index contributed by atoms with van der Waals surface area (Å²) in [5.74, 6) is -0.230. The Kier molecular flexibility index (Phi) is 5.94. The van der Waals surface area contributed by atoms with Gasteiger partial charge in [0, 0.05) is 11.3 Å². The Morgan fingerprint density at radius 1 is 1.65 bits per heavy atom. The molecule has 0 saturated carbocycles. The van der Waals surface area contributed by atoms with Crippen LogP contribution in [0, 0.1) is 0 Å². The number of aromatic nitrogens is 1. The summed E-state index contributed by atoms with van der Waals surface area (Å²) in [5, 5.41) is 11.9. The van der Waals surface area contributed by atoms with Crippen LogP contribution in [0.2, 0.25) is 0 Å². The van der Waals surface area contributed by atoms with E-state index in [2.05, 4.69) is 26.2 Å². The van der Waals surface area contributed by atoms with E-state index in [4.69, 9.17) is 5.11 Å². The molecule has 94 valence electrons. The summed E-state index contributed by atoms with van der Waals surface area (Å²) in [6, 6.07) is 5.07. The standard InChI is InChI=1S/C11H15BrN2O2S/c1-7(9(6-15)17-2)13-11(16)8-4-3-5-10(12)14-8/h3-5,7,9,15H,6H2,1-2H3,(H,13,16). The van der Waals surface area contributed by atoms with Gasteiger partial charge in [0.2, 0.25) is 0 Å². The van der Waals surface area contributed by atoms with Crippen molar-refractivity contribution in [2.24, 2.45) is 0 Å².